The van der Waals surface area contributed by atoms with E-state index < -0.39 is 0 Å². The standard InChI is InChI=1S/C15H26NO2/c1-5-8-9-10-12-16(11-6-2)14(7-3)15(13-17)18-4/h6,8-9,11,17H,2,5,7,10,12-13H2,1,3-4H3/q+1/b9-8-,15-14+,16-11+. The lowest BCUT2D eigenvalue weighted by Gasteiger charge is -2.09. The van der Waals surface area contributed by atoms with Gasteiger partial charge in [-0.25, -0.2) is 0 Å². The molecule has 0 saturated carbocycles. The SMILES string of the molecule is C=C/C=[N+](CC/C=C\CC)/C(CC)=C(\CO)OC. The van der Waals surface area contributed by atoms with E-state index in [-0.39, 0.29) is 6.61 Å². The van der Waals surface area contributed by atoms with E-state index >= 15 is 0 Å². The summed E-state index contributed by atoms with van der Waals surface area (Å²) in [5, 5.41) is 9.29. The van der Waals surface area contributed by atoms with Gasteiger partial charge in [-0.15, -0.1) is 0 Å². The molecule has 0 aromatic carbocycles. The molecule has 102 valence electrons. The fraction of sp³-hybridized carbons (Fsp3) is 0.533. The Hall–Kier alpha value is -1.35. The second-order valence-corrected chi connectivity index (χ2v) is 3.83. The monoisotopic (exact) mass is 252 g/mol. The molecule has 3 heteroatoms. The normalized spacial score (nSPS) is 13.7. The second kappa shape index (κ2) is 10.8. The lowest BCUT2D eigenvalue weighted by Crippen LogP contribution is -2.17. The molecule has 18 heavy (non-hydrogen) atoms. The molecule has 0 bridgehead atoms. The molecule has 0 fully saturated rings. The van der Waals surface area contributed by atoms with Crippen molar-refractivity contribution in [2.75, 3.05) is 20.3 Å². The first-order chi connectivity index (χ1) is 8.74. The van der Waals surface area contributed by atoms with Crippen molar-refractivity contribution in [1.29, 1.82) is 0 Å². The van der Waals surface area contributed by atoms with Crippen LogP contribution in [0.5, 0.6) is 0 Å². The van der Waals surface area contributed by atoms with E-state index in [9.17, 15) is 5.11 Å². The van der Waals surface area contributed by atoms with Crippen LogP contribution in [0.2, 0.25) is 0 Å². The molecule has 0 saturated heterocycles. The first-order valence-electron chi connectivity index (χ1n) is 6.49. The summed E-state index contributed by atoms with van der Waals surface area (Å²) >= 11 is 0. The Bertz CT molecular complexity index is 321. The Balaban J connectivity index is 4.96. The molecule has 3 nitrogen and oxygen atoms in total. The Kier molecular flexibility index (Phi) is 9.97. The van der Waals surface area contributed by atoms with Gasteiger partial charge >= 0.3 is 0 Å². The van der Waals surface area contributed by atoms with Gasteiger partial charge in [0.05, 0.1) is 7.11 Å². The molecule has 0 unspecified atom stereocenters. The molecule has 0 atom stereocenters. The fourth-order valence-corrected chi connectivity index (χ4v) is 1.76. The van der Waals surface area contributed by atoms with E-state index in [1.54, 1.807) is 13.2 Å². The lowest BCUT2D eigenvalue weighted by molar-refractivity contribution is -0.476. The molecular weight excluding hydrogens is 226 g/mol. The minimum absolute atomic E-state index is 0.0774. The van der Waals surface area contributed by atoms with Crippen LogP contribution in [-0.2, 0) is 4.74 Å². The Morgan fingerprint density at radius 1 is 1.33 bits per heavy atom. The summed E-state index contributed by atoms with van der Waals surface area (Å²) in [4.78, 5) is 0. The van der Waals surface area contributed by atoms with Crippen LogP contribution in [0.3, 0.4) is 0 Å². The predicted octanol–water partition coefficient (Wildman–Crippen LogP) is 2.87. The summed E-state index contributed by atoms with van der Waals surface area (Å²) in [6.07, 6.45) is 10.8. The maximum absolute atomic E-state index is 9.29. The fourth-order valence-electron chi connectivity index (χ4n) is 1.76. The van der Waals surface area contributed by atoms with Gasteiger partial charge in [0, 0.05) is 12.8 Å². The van der Waals surface area contributed by atoms with Crippen LogP contribution in [0.15, 0.2) is 36.3 Å². The van der Waals surface area contributed by atoms with E-state index in [1.165, 1.54) is 0 Å². The number of allylic oxidation sites excluding steroid dienone is 3. The third-order valence-electron chi connectivity index (χ3n) is 2.62. The van der Waals surface area contributed by atoms with E-state index in [1.807, 2.05) is 6.21 Å². The van der Waals surface area contributed by atoms with Crippen LogP contribution in [-0.4, -0.2) is 36.2 Å². The first kappa shape index (κ1) is 16.6. The van der Waals surface area contributed by atoms with Gasteiger partial charge in [-0.05, 0) is 12.5 Å². The van der Waals surface area contributed by atoms with Crippen LogP contribution in [0, 0.1) is 0 Å². The summed E-state index contributed by atoms with van der Waals surface area (Å²) < 4.78 is 7.31. The summed E-state index contributed by atoms with van der Waals surface area (Å²) in [7, 11) is 1.59. The van der Waals surface area contributed by atoms with Gasteiger partial charge in [0.15, 0.2) is 18.5 Å². The molecular formula is C15H26NO2+. The summed E-state index contributed by atoms with van der Waals surface area (Å²) in [5.41, 5.74) is 1.00. The Morgan fingerprint density at radius 2 is 2.06 bits per heavy atom. The maximum Gasteiger partial charge on any atom is 0.221 e. The summed E-state index contributed by atoms with van der Waals surface area (Å²) in [5.74, 6) is 0.620. The average molecular weight is 252 g/mol. The molecule has 0 aliphatic carbocycles. The van der Waals surface area contributed by atoms with E-state index in [2.05, 4.69) is 37.2 Å². The van der Waals surface area contributed by atoms with Crippen molar-refractivity contribution in [2.24, 2.45) is 0 Å². The van der Waals surface area contributed by atoms with Crippen LogP contribution in [0.1, 0.15) is 33.1 Å². The van der Waals surface area contributed by atoms with Gasteiger partial charge in [0.25, 0.3) is 0 Å². The van der Waals surface area contributed by atoms with Crippen molar-refractivity contribution in [3.8, 4) is 0 Å². The predicted molar refractivity (Wildman–Crippen MR) is 76.8 cm³/mol. The lowest BCUT2D eigenvalue weighted by atomic mass is 10.2. The van der Waals surface area contributed by atoms with E-state index in [0.29, 0.717) is 5.76 Å². The first-order valence-corrected chi connectivity index (χ1v) is 6.49. The van der Waals surface area contributed by atoms with Crippen molar-refractivity contribution in [2.45, 2.75) is 33.1 Å². The van der Waals surface area contributed by atoms with E-state index in [0.717, 1.165) is 31.5 Å². The minimum atomic E-state index is -0.0774. The zero-order valence-corrected chi connectivity index (χ0v) is 11.9. The van der Waals surface area contributed by atoms with Crippen molar-refractivity contribution in [1.82, 2.24) is 0 Å². The molecule has 0 aliphatic rings. The van der Waals surface area contributed by atoms with Gasteiger partial charge in [0.2, 0.25) is 5.70 Å². The van der Waals surface area contributed by atoms with Crippen LogP contribution >= 0.6 is 0 Å². The average Bonchev–Trinajstić information content (AvgIpc) is 2.40. The molecule has 0 rings (SSSR count). The zero-order valence-electron chi connectivity index (χ0n) is 11.9. The smallest absolute Gasteiger partial charge is 0.221 e. The molecule has 0 aromatic rings. The quantitative estimate of drug-likeness (QED) is 0.296. The number of rotatable bonds is 9. The minimum Gasteiger partial charge on any atom is -0.493 e. The highest BCUT2D eigenvalue weighted by molar-refractivity contribution is 5.65. The summed E-state index contributed by atoms with van der Waals surface area (Å²) in [6, 6.07) is 0. The van der Waals surface area contributed by atoms with Crippen LogP contribution in [0.25, 0.3) is 0 Å². The molecule has 0 heterocycles. The van der Waals surface area contributed by atoms with Crippen molar-refractivity contribution < 1.29 is 14.4 Å². The molecule has 0 spiro atoms. The van der Waals surface area contributed by atoms with Gasteiger partial charge < -0.3 is 9.84 Å². The molecule has 1 N–H and O–H groups in total. The van der Waals surface area contributed by atoms with Crippen molar-refractivity contribution >= 4 is 6.21 Å². The molecule has 0 aromatic heterocycles. The largest absolute Gasteiger partial charge is 0.493 e. The molecule has 0 amide bonds. The number of hydrogen-bond donors (Lipinski definition) is 1. The highest BCUT2D eigenvalue weighted by atomic mass is 16.5. The van der Waals surface area contributed by atoms with Gasteiger partial charge in [-0.3, -0.25) is 0 Å². The number of ether oxygens (including phenoxy) is 1. The molecule has 0 radical (unpaired) electrons. The number of methoxy groups -OCH3 is 1. The number of aliphatic hydroxyl groups excluding tert-OH is 1. The van der Waals surface area contributed by atoms with Gasteiger partial charge in [-0.1, -0.05) is 32.6 Å². The topological polar surface area (TPSA) is 32.5 Å². The zero-order chi connectivity index (χ0) is 13.8. The Morgan fingerprint density at radius 3 is 2.50 bits per heavy atom. The number of nitrogens with zero attached hydrogens (tertiary/aromatic N) is 1. The third kappa shape index (κ3) is 5.82. The molecule has 0 aliphatic heterocycles. The van der Waals surface area contributed by atoms with Gasteiger partial charge in [0.1, 0.15) is 6.61 Å². The van der Waals surface area contributed by atoms with E-state index in [4.69, 9.17) is 4.74 Å². The van der Waals surface area contributed by atoms with Crippen LogP contribution in [0.4, 0.5) is 0 Å². The second-order valence-electron chi connectivity index (χ2n) is 3.83. The van der Waals surface area contributed by atoms with Crippen molar-refractivity contribution in [3.63, 3.8) is 0 Å². The van der Waals surface area contributed by atoms with Crippen molar-refractivity contribution in [3.05, 3.63) is 36.3 Å². The maximum atomic E-state index is 9.29. The summed E-state index contributed by atoms with van der Waals surface area (Å²) in [6.45, 7) is 8.69. The Labute approximate surface area is 111 Å². The number of hydrogen-bond acceptors (Lipinski definition) is 2. The van der Waals surface area contributed by atoms with Crippen LogP contribution < -0.4 is 0 Å². The third-order valence-corrected chi connectivity index (χ3v) is 2.62. The highest BCUT2D eigenvalue weighted by Crippen LogP contribution is 2.11. The number of aliphatic hydroxyl groups is 1. The highest BCUT2D eigenvalue weighted by Gasteiger charge is 2.16. The van der Waals surface area contributed by atoms with Gasteiger partial charge in [-0.2, -0.15) is 4.58 Å².